The molecule has 1 aliphatic heterocycles. The Bertz CT molecular complexity index is 1350. The molecule has 0 saturated heterocycles. The van der Waals surface area contributed by atoms with Crippen molar-refractivity contribution in [2.45, 2.75) is 20.8 Å². The number of benzene rings is 3. The number of nitrogens with one attached hydrogen (secondary N) is 2. The maximum absolute atomic E-state index is 13.1. The molecule has 178 valence electrons. The number of ether oxygens (including phenoxy) is 1. The van der Waals surface area contributed by atoms with Crippen molar-refractivity contribution < 1.29 is 19.1 Å². The van der Waals surface area contributed by atoms with Crippen molar-refractivity contribution in [3.05, 3.63) is 94.1 Å². The highest BCUT2D eigenvalue weighted by molar-refractivity contribution is 6.53. The molecule has 0 fully saturated rings. The highest BCUT2D eigenvalue weighted by Gasteiger charge is 2.39. The molecule has 1 aliphatic rings. The van der Waals surface area contributed by atoms with Crippen molar-refractivity contribution in [2.24, 2.45) is 0 Å². The number of carbonyl (C=O) groups is 3. The lowest BCUT2D eigenvalue weighted by Crippen LogP contribution is -2.32. The molecule has 8 heteroatoms. The molecule has 0 aliphatic carbocycles. The van der Waals surface area contributed by atoms with Crippen molar-refractivity contribution in [2.75, 3.05) is 22.1 Å². The second kappa shape index (κ2) is 10.0. The van der Waals surface area contributed by atoms with E-state index in [1.165, 1.54) is 0 Å². The molecule has 0 saturated carbocycles. The zero-order valence-electron chi connectivity index (χ0n) is 19.5. The summed E-state index contributed by atoms with van der Waals surface area (Å²) in [4.78, 5) is 39.6. The van der Waals surface area contributed by atoms with Crippen LogP contribution < -0.4 is 20.3 Å². The van der Waals surface area contributed by atoms with Gasteiger partial charge in [-0.2, -0.15) is 0 Å². The summed E-state index contributed by atoms with van der Waals surface area (Å²) in [5.74, 6) is -0.782. The third-order valence-electron chi connectivity index (χ3n) is 5.59. The van der Waals surface area contributed by atoms with Crippen LogP contribution in [0.15, 0.2) is 77.5 Å². The van der Waals surface area contributed by atoms with Crippen LogP contribution in [0.3, 0.4) is 0 Å². The lowest BCUT2D eigenvalue weighted by Gasteiger charge is -2.16. The van der Waals surface area contributed by atoms with Crippen LogP contribution in [0.5, 0.6) is 5.75 Å². The molecule has 7 nitrogen and oxygen atoms in total. The molecule has 0 unspecified atom stereocenters. The zero-order valence-corrected chi connectivity index (χ0v) is 20.3. The van der Waals surface area contributed by atoms with Crippen LogP contribution in [-0.2, 0) is 9.59 Å². The second-order valence-corrected chi connectivity index (χ2v) is 8.40. The SMILES string of the molecule is CCOc1ccc(NC(=O)c2cccc(NC3=C(Cl)C(=O)N(c4ccc(C)c(C)c4)C3=O)c2)cc1. The van der Waals surface area contributed by atoms with E-state index in [0.29, 0.717) is 35.0 Å². The quantitative estimate of drug-likeness (QED) is 0.434. The fourth-order valence-corrected chi connectivity index (χ4v) is 3.81. The Balaban J connectivity index is 1.50. The van der Waals surface area contributed by atoms with Gasteiger partial charge in [0, 0.05) is 16.9 Å². The van der Waals surface area contributed by atoms with E-state index in [1.54, 1.807) is 60.7 Å². The molecular weight excluding hydrogens is 466 g/mol. The molecule has 35 heavy (non-hydrogen) atoms. The minimum Gasteiger partial charge on any atom is -0.494 e. The van der Waals surface area contributed by atoms with Gasteiger partial charge in [0.25, 0.3) is 17.7 Å². The van der Waals surface area contributed by atoms with E-state index in [2.05, 4.69) is 10.6 Å². The molecule has 0 spiro atoms. The number of imide groups is 1. The Morgan fingerprint density at radius 1 is 0.914 bits per heavy atom. The summed E-state index contributed by atoms with van der Waals surface area (Å²) in [5.41, 5.74) is 3.82. The monoisotopic (exact) mass is 489 g/mol. The first-order valence-corrected chi connectivity index (χ1v) is 11.4. The van der Waals surface area contributed by atoms with Crippen LogP contribution in [0, 0.1) is 13.8 Å². The smallest absolute Gasteiger partial charge is 0.283 e. The van der Waals surface area contributed by atoms with Crippen LogP contribution in [0.25, 0.3) is 0 Å². The fraction of sp³-hybridized carbons (Fsp3) is 0.148. The van der Waals surface area contributed by atoms with Crippen molar-refractivity contribution in [1.82, 2.24) is 0 Å². The third kappa shape index (κ3) is 5.05. The number of rotatable bonds is 7. The van der Waals surface area contributed by atoms with Gasteiger partial charge in [0.1, 0.15) is 16.5 Å². The van der Waals surface area contributed by atoms with Crippen molar-refractivity contribution in [3.63, 3.8) is 0 Å². The van der Waals surface area contributed by atoms with Crippen molar-refractivity contribution in [3.8, 4) is 5.75 Å². The normalized spacial score (nSPS) is 13.3. The standard InChI is InChI=1S/C27H24ClN3O4/c1-4-35-22-12-9-19(10-13-22)30-25(32)18-6-5-7-20(15-18)29-24-23(28)26(33)31(27(24)34)21-11-8-16(2)17(3)14-21/h5-15,29H,4H2,1-3H3,(H,30,32). The van der Waals surface area contributed by atoms with Crippen LogP contribution in [0.1, 0.15) is 28.4 Å². The van der Waals surface area contributed by atoms with Gasteiger partial charge in [0.05, 0.1) is 12.3 Å². The second-order valence-electron chi connectivity index (χ2n) is 8.02. The molecule has 0 bridgehead atoms. The van der Waals surface area contributed by atoms with E-state index in [1.807, 2.05) is 26.8 Å². The predicted octanol–water partition coefficient (Wildman–Crippen LogP) is 5.39. The molecule has 3 aromatic rings. The first-order chi connectivity index (χ1) is 16.8. The third-order valence-corrected chi connectivity index (χ3v) is 5.94. The molecule has 3 aromatic carbocycles. The minimum absolute atomic E-state index is 0.0426. The highest BCUT2D eigenvalue weighted by atomic mass is 35.5. The molecule has 0 aromatic heterocycles. The maximum atomic E-state index is 13.1. The Hall–Kier alpha value is -4.10. The largest absolute Gasteiger partial charge is 0.494 e. The van der Waals surface area contributed by atoms with Crippen LogP contribution in [0.4, 0.5) is 17.1 Å². The van der Waals surface area contributed by atoms with Crippen LogP contribution in [0.2, 0.25) is 0 Å². The average molecular weight is 490 g/mol. The highest BCUT2D eigenvalue weighted by Crippen LogP contribution is 2.31. The van der Waals surface area contributed by atoms with Crippen LogP contribution in [-0.4, -0.2) is 24.3 Å². The topological polar surface area (TPSA) is 87.7 Å². The number of anilines is 3. The minimum atomic E-state index is -0.605. The zero-order chi connectivity index (χ0) is 25.1. The summed E-state index contributed by atoms with van der Waals surface area (Å²) >= 11 is 6.25. The first-order valence-electron chi connectivity index (χ1n) is 11.1. The van der Waals surface area contributed by atoms with Gasteiger partial charge in [-0.05, 0) is 86.5 Å². The number of halogens is 1. The summed E-state index contributed by atoms with van der Waals surface area (Å²) in [6, 6.07) is 18.9. The van der Waals surface area contributed by atoms with Gasteiger partial charge in [-0.15, -0.1) is 0 Å². The molecule has 0 atom stereocenters. The number of amides is 3. The average Bonchev–Trinajstić information content (AvgIpc) is 3.05. The van der Waals surface area contributed by atoms with Crippen molar-refractivity contribution >= 4 is 46.4 Å². The summed E-state index contributed by atoms with van der Waals surface area (Å²) in [6.07, 6.45) is 0. The summed E-state index contributed by atoms with van der Waals surface area (Å²) in [7, 11) is 0. The van der Waals surface area contributed by atoms with Gasteiger partial charge in [-0.1, -0.05) is 23.7 Å². The predicted molar refractivity (Wildman–Crippen MR) is 137 cm³/mol. The number of carbonyl (C=O) groups excluding carboxylic acids is 3. The van der Waals surface area contributed by atoms with Gasteiger partial charge >= 0.3 is 0 Å². The number of nitrogens with zero attached hydrogens (tertiary/aromatic N) is 1. The molecule has 0 radical (unpaired) electrons. The Morgan fingerprint density at radius 3 is 2.34 bits per heavy atom. The summed E-state index contributed by atoms with van der Waals surface area (Å²) < 4.78 is 5.41. The Kier molecular flexibility index (Phi) is 6.89. The summed E-state index contributed by atoms with van der Waals surface area (Å²) in [6.45, 7) is 6.31. The Labute approximate surface area is 208 Å². The maximum Gasteiger partial charge on any atom is 0.283 e. The Morgan fingerprint density at radius 2 is 1.66 bits per heavy atom. The molecule has 3 amide bonds. The summed E-state index contributed by atoms with van der Waals surface area (Å²) in [5, 5.41) is 5.53. The number of aryl methyl sites for hydroxylation is 2. The lowest BCUT2D eigenvalue weighted by atomic mass is 10.1. The van der Waals surface area contributed by atoms with E-state index in [4.69, 9.17) is 16.3 Å². The number of hydrogen-bond donors (Lipinski definition) is 2. The van der Waals surface area contributed by atoms with Crippen molar-refractivity contribution in [1.29, 1.82) is 0 Å². The van der Waals surface area contributed by atoms with Gasteiger partial charge < -0.3 is 15.4 Å². The first kappa shape index (κ1) is 24.0. The van der Waals surface area contributed by atoms with E-state index in [-0.39, 0.29) is 16.6 Å². The van der Waals surface area contributed by atoms with Gasteiger partial charge in [0.2, 0.25) is 0 Å². The van der Waals surface area contributed by atoms with Crippen LogP contribution >= 0.6 is 11.6 Å². The molecular formula is C27H24ClN3O4. The van der Waals surface area contributed by atoms with E-state index < -0.39 is 11.8 Å². The number of hydrogen-bond acceptors (Lipinski definition) is 5. The van der Waals surface area contributed by atoms with E-state index in [0.717, 1.165) is 16.0 Å². The molecule has 4 rings (SSSR count). The van der Waals surface area contributed by atoms with Gasteiger partial charge in [-0.3, -0.25) is 14.4 Å². The lowest BCUT2D eigenvalue weighted by molar-refractivity contribution is -0.120. The van der Waals surface area contributed by atoms with E-state index in [9.17, 15) is 14.4 Å². The van der Waals surface area contributed by atoms with Gasteiger partial charge in [-0.25, -0.2) is 4.90 Å². The van der Waals surface area contributed by atoms with Gasteiger partial charge in [0.15, 0.2) is 0 Å². The molecule has 2 N–H and O–H groups in total. The fourth-order valence-electron chi connectivity index (χ4n) is 3.60. The van der Waals surface area contributed by atoms with E-state index >= 15 is 0 Å². The molecule has 1 heterocycles.